The monoisotopic (exact) mass is 283 g/mol. The highest BCUT2D eigenvalue weighted by Crippen LogP contribution is 2.03. The van der Waals surface area contributed by atoms with Crippen LogP contribution in [0.15, 0.2) is 60.7 Å². The first kappa shape index (κ1) is 14.6. The Labute approximate surface area is 123 Å². The Morgan fingerprint density at radius 1 is 0.762 bits per heavy atom. The average molecular weight is 283 g/mol. The molecule has 0 fully saturated rings. The molecule has 5 nitrogen and oxygen atoms in total. The minimum atomic E-state index is -0.296. The minimum Gasteiger partial charge on any atom is -0.350 e. The van der Waals surface area contributed by atoms with E-state index < -0.39 is 0 Å². The molecule has 21 heavy (non-hydrogen) atoms. The van der Waals surface area contributed by atoms with Gasteiger partial charge in [-0.15, -0.1) is 0 Å². The lowest BCUT2D eigenvalue weighted by Crippen LogP contribution is -2.36. The standard InChI is InChI=1S/C16H17N3O2/c20-15(13-7-3-1-4-8-13)17-11-12-18-16(21)19-14-9-5-2-6-10-14/h1-10H,11-12H2,(H,17,20)(H2,18,19,21). The fourth-order valence-corrected chi connectivity index (χ4v) is 1.74. The first-order chi connectivity index (χ1) is 10.3. The van der Waals surface area contributed by atoms with Crippen LogP contribution in [0, 0.1) is 0 Å². The molecular weight excluding hydrogens is 266 g/mol. The van der Waals surface area contributed by atoms with E-state index in [1.807, 2.05) is 24.3 Å². The van der Waals surface area contributed by atoms with Crippen LogP contribution in [0.3, 0.4) is 0 Å². The summed E-state index contributed by atoms with van der Waals surface area (Å²) in [4.78, 5) is 23.3. The van der Waals surface area contributed by atoms with E-state index in [0.717, 1.165) is 5.69 Å². The summed E-state index contributed by atoms with van der Waals surface area (Å²) in [5.41, 5.74) is 1.33. The van der Waals surface area contributed by atoms with Crippen LogP contribution in [0.4, 0.5) is 10.5 Å². The number of hydrogen-bond donors (Lipinski definition) is 3. The number of hydrogen-bond acceptors (Lipinski definition) is 2. The van der Waals surface area contributed by atoms with E-state index in [2.05, 4.69) is 16.0 Å². The van der Waals surface area contributed by atoms with Crippen molar-refractivity contribution in [1.82, 2.24) is 10.6 Å². The summed E-state index contributed by atoms with van der Waals surface area (Å²) in [6, 6.07) is 17.8. The van der Waals surface area contributed by atoms with Gasteiger partial charge in [-0.25, -0.2) is 4.79 Å². The highest BCUT2D eigenvalue weighted by Gasteiger charge is 2.04. The highest BCUT2D eigenvalue weighted by atomic mass is 16.2. The molecule has 108 valence electrons. The normalized spacial score (nSPS) is 9.71. The van der Waals surface area contributed by atoms with Gasteiger partial charge in [-0.2, -0.15) is 0 Å². The summed E-state index contributed by atoms with van der Waals surface area (Å²) < 4.78 is 0. The van der Waals surface area contributed by atoms with Crippen molar-refractivity contribution in [2.75, 3.05) is 18.4 Å². The van der Waals surface area contributed by atoms with E-state index in [4.69, 9.17) is 0 Å². The van der Waals surface area contributed by atoms with Gasteiger partial charge in [0.1, 0.15) is 0 Å². The molecular formula is C16H17N3O2. The number of nitrogens with one attached hydrogen (secondary N) is 3. The van der Waals surface area contributed by atoms with Gasteiger partial charge in [-0.1, -0.05) is 36.4 Å². The number of anilines is 1. The third kappa shape index (κ3) is 4.99. The number of rotatable bonds is 5. The molecule has 0 aromatic heterocycles. The lowest BCUT2D eigenvalue weighted by molar-refractivity contribution is 0.0954. The number of carbonyl (C=O) groups is 2. The fraction of sp³-hybridized carbons (Fsp3) is 0.125. The van der Waals surface area contributed by atoms with Crippen molar-refractivity contribution in [3.63, 3.8) is 0 Å². The number of urea groups is 1. The predicted molar refractivity (Wildman–Crippen MR) is 82.2 cm³/mol. The van der Waals surface area contributed by atoms with Gasteiger partial charge < -0.3 is 16.0 Å². The second-order valence-electron chi connectivity index (χ2n) is 4.37. The molecule has 2 aromatic carbocycles. The van der Waals surface area contributed by atoms with Crippen molar-refractivity contribution >= 4 is 17.6 Å². The smallest absolute Gasteiger partial charge is 0.319 e. The maximum absolute atomic E-state index is 11.7. The Morgan fingerprint density at radius 3 is 2.00 bits per heavy atom. The number of carbonyl (C=O) groups excluding carboxylic acids is 2. The highest BCUT2D eigenvalue weighted by molar-refractivity contribution is 5.94. The Bertz CT molecular complexity index is 585. The molecule has 3 amide bonds. The van der Waals surface area contributed by atoms with Gasteiger partial charge in [0.05, 0.1) is 0 Å². The molecule has 0 atom stereocenters. The zero-order valence-corrected chi connectivity index (χ0v) is 11.5. The lowest BCUT2D eigenvalue weighted by Gasteiger charge is -2.08. The molecule has 0 spiro atoms. The van der Waals surface area contributed by atoms with Crippen LogP contribution in [0.25, 0.3) is 0 Å². The van der Waals surface area contributed by atoms with Crippen molar-refractivity contribution in [2.24, 2.45) is 0 Å². The van der Waals surface area contributed by atoms with E-state index in [1.54, 1.807) is 36.4 Å². The minimum absolute atomic E-state index is 0.152. The fourth-order valence-electron chi connectivity index (χ4n) is 1.74. The third-order valence-corrected chi connectivity index (χ3v) is 2.76. The summed E-state index contributed by atoms with van der Waals surface area (Å²) in [5.74, 6) is -0.152. The molecule has 2 aromatic rings. The van der Waals surface area contributed by atoms with Crippen molar-refractivity contribution in [2.45, 2.75) is 0 Å². The molecule has 0 aliphatic rings. The Kier molecular flexibility index (Phi) is 5.34. The average Bonchev–Trinajstić information content (AvgIpc) is 2.53. The van der Waals surface area contributed by atoms with Crippen LogP contribution in [0.5, 0.6) is 0 Å². The molecule has 0 aliphatic heterocycles. The van der Waals surface area contributed by atoms with Crippen LogP contribution in [-0.4, -0.2) is 25.0 Å². The number of benzene rings is 2. The van der Waals surface area contributed by atoms with E-state index in [0.29, 0.717) is 18.7 Å². The van der Waals surface area contributed by atoms with Crippen LogP contribution in [0.1, 0.15) is 10.4 Å². The molecule has 5 heteroatoms. The van der Waals surface area contributed by atoms with E-state index in [9.17, 15) is 9.59 Å². The summed E-state index contributed by atoms with van der Waals surface area (Å²) in [5, 5.41) is 8.11. The Balaban J connectivity index is 1.66. The molecule has 2 rings (SSSR count). The van der Waals surface area contributed by atoms with Crippen molar-refractivity contribution < 1.29 is 9.59 Å². The van der Waals surface area contributed by atoms with Crippen molar-refractivity contribution in [3.05, 3.63) is 66.2 Å². The van der Waals surface area contributed by atoms with E-state index in [-0.39, 0.29) is 11.9 Å². The van der Waals surface area contributed by atoms with Gasteiger partial charge in [0.25, 0.3) is 5.91 Å². The molecule has 0 bridgehead atoms. The maximum atomic E-state index is 11.7. The number of para-hydroxylation sites is 1. The quantitative estimate of drug-likeness (QED) is 0.736. The molecule has 0 aliphatic carbocycles. The van der Waals surface area contributed by atoms with Gasteiger partial charge in [0, 0.05) is 24.3 Å². The van der Waals surface area contributed by atoms with Crippen molar-refractivity contribution in [1.29, 1.82) is 0 Å². The van der Waals surface area contributed by atoms with Gasteiger partial charge >= 0.3 is 6.03 Å². The Morgan fingerprint density at radius 2 is 1.33 bits per heavy atom. The van der Waals surface area contributed by atoms with E-state index >= 15 is 0 Å². The molecule has 0 unspecified atom stereocenters. The zero-order chi connectivity index (χ0) is 14.9. The van der Waals surface area contributed by atoms with Crippen LogP contribution >= 0.6 is 0 Å². The van der Waals surface area contributed by atoms with Gasteiger partial charge in [0.15, 0.2) is 0 Å². The summed E-state index contributed by atoms with van der Waals surface area (Å²) >= 11 is 0. The van der Waals surface area contributed by atoms with E-state index in [1.165, 1.54) is 0 Å². The lowest BCUT2D eigenvalue weighted by atomic mass is 10.2. The molecule has 0 saturated heterocycles. The SMILES string of the molecule is O=C(NCCNC(=O)c1ccccc1)Nc1ccccc1. The van der Waals surface area contributed by atoms with Crippen LogP contribution in [-0.2, 0) is 0 Å². The molecule has 0 saturated carbocycles. The third-order valence-electron chi connectivity index (χ3n) is 2.76. The topological polar surface area (TPSA) is 70.2 Å². The van der Waals surface area contributed by atoms with Gasteiger partial charge in [0.2, 0.25) is 0 Å². The summed E-state index contributed by atoms with van der Waals surface area (Å²) in [6.45, 7) is 0.729. The van der Waals surface area contributed by atoms with Crippen LogP contribution < -0.4 is 16.0 Å². The first-order valence-corrected chi connectivity index (χ1v) is 6.69. The Hall–Kier alpha value is -2.82. The zero-order valence-electron chi connectivity index (χ0n) is 11.5. The molecule has 3 N–H and O–H groups in total. The molecule has 0 radical (unpaired) electrons. The predicted octanol–water partition coefficient (Wildman–Crippen LogP) is 2.24. The second kappa shape index (κ2) is 7.69. The summed E-state index contributed by atoms with van der Waals surface area (Å²) in [6.07, 6.45) is 0. The number of amides is 3. The molecule has 0 heterocycles. The largest absolute Gasteiger partial charge is 0.350 e. The van der Waals surface area contributed by atoms with Gasteiger partial charge in [-0.05, 0) is 24.3 Å². The second-order valence-corrected chi connectivity index (χ2v) is 4.37. The van der Waals surface area contributed by atoms with Crippen molar-refractivity contribution in [3.8, 4) is 0 Å². The summed E-state index contributed by atoms with van der Waals surface area (Å²) in [7, 11) is 0. The first-order valence-electron chi connectivity index (χ1n) is 6.69. The van der Waals surface area contributed by atoms with Gasteiger partial charge in [-0.3, -0.25) is 4.79 Å². The van der Waals surface area contributed by atoms with Crippen LogP contribution in [0.2, 0.25) is 0 Å². The maximum Gasteiger partial charge on any atom is 0.319 e.